The van der Waals surface area contributed by atoms with Gasteiger partial charge in [-0.3, -0.25) is 0 Å². The van der Waals surface area contributed by atoms with Crippen LogP contribution in [-0.4, -0.2) is 19.9 Å². The van der Waals surface area contributed by atoms with Crippen LogP contribution in [0.5, 0.6) is 0 Å². The molecule has 0 aliphatic carbocycles. The molecule has 6 rings (SSSR count). The number of nitrogens with one attached hydrogen (secondary N) is 2. The van der Waals surface area contributed by atoms with Gasteiger partial charge in [0.15, 0.2) is 0 Å². The van der Waals surface area contributed by atoms with Crippen molar-refractivity contribution in [2.75, 3.05) is 0 Å². The maximum absolute atomic E-state index is 5.71. The summed E-state index contributed by atoms with van der Waals surface area (Å²) < 4.78 is 0. The largest absolute Gasteiger partial charge is 0.355 e. The second-order valence-corrected chi connectivity index (χ2v) is 11.5. The molecular formula is C38H38N4. The highest BCUT2D eigenvalue weighted by molar-refractivity contribution is 6.01. The molecule has 42 heavy (non-hydrogen) atoms. The Morgan fingerprint density at radius 3 is 2.02 bits per heavy atom. The Morgan fingerprint density at radius 1 is 0.667 bits per heavy atom. The predicted molar refractivity (Wildman–Crippen MR) is 179 cm³/mol. The van der Waals surface area contributed by atoms with Crippen molar-refractivity contribution in [3.63, 3.8) is 0 Å². The molecule has 0 atom stereocenters. The van der Waals surface area contributed by atoms with E-state index >= 15 is 0 Å². The molecular weight excluding hydrogens is 512 g/mol. The fraction of sp³-hybridized carbons (Fsp3) is 0.263. The van der Waals surface area contributed by atoms with E-state index in [0.717, 1.165) is 74.4 Å². The minimum atomic E-state index is 0.861. The molecule has 3 aromatic heterocycles. The van der Waals surface area contributed by atoms with E-state index in [1.165, 1.54) is 44.5 Å². The smallest absolute Gasteiger partial charge is 0.0768 e. The monoisotopic (exact) mass is 550 g/mol. The van der Waals surface area contributed by atoms with Crippen molar-refractivity contribution < 1.29 is 0 Å². The van der Waals surface area contributed by atoms with Gasteiger partial charge in [0.05, 0.1) is 28.3 Å². The highest BCUT2D eigenvalue weighted by Gasteiger charge is 2.22. The summed E-state index contributed by atoms with van der Waals surface area (Å²) in [4.78, 5) is 18.1. The number of allylic oxidation sites excluding steroid dienone is 4. The molecule has 0 unspecified atom stereocenters. The van der Waals surface area contributed by atoms with Crippen LogP contribution < -0.4 is 0 Å². The molecule has 210 valence electrons. The van der Waals surface area contributed by atoms with Crippen LogP contribution in [-0.2, 0) is 6.42 Å². The molecule has 1 aromatic carbocycles. The Balaban J connectivity index is 1.85. The quantitative estimate of drug-likeness (QED) is 0.249. The van der Waals surface area contributed by atoms with E-state index in [-0.39, 0.29) is 0 Å². The number of terminal acetylenes is 1. The van der Waals surface area contributed by atoms with Crippen LogP contribution >= 0.6 is 0 Å². The number of fused-ring (bicyclic) bond motifs is 8. The third-order valence-corrected chi connectivity index (χ3v) is 9.35. The molecule has 0 saturated heterocycles. The van der Waals surface area contributed by atoms with Crippen LogP contribution in [0.15, 0.2) is 42.5 Å². The van der Waals surface area contributed by atoms with Crippen LogP contribution in [0.25, 0.3) is 55.5 Å². The summed E-state index contributed by atoms with van der Waals surface area (Å²) in [6, 6.07) is 14.9. The third-order valence-electron chi connectivity index (χ3n) is 9.35. The lowest BCUT2D eigenvalue weighted by Crippen LogP contribution is -1.90. The zero-order valence-corrected chi connectivity index (χ0v) is 25.9. The molecule has 2 aliphatic rings. The minimum absolute atomic E-state index is 0.861. The zero-order valence-electron chi connectivity index (χ0n) is 25.9. The van der Waals surface area contributed by atoms with Gasteiger partial charge in [-0.15, -0.1) is 6.42 Å². The van der Waals surface area contributed by atoms with Gasteiger partial charge >= 0.3 is 0 Å². The molecule has 5 heterocycles. The van der Waals surface area contributed by atoms with Crippen molar-refractivity contribution >= 4 is 44.4 Å². The Kier molecular flexibility index (Phi) is 6.78. The Morgan fingerprint density at radius 2 is 1.36 bits per heavy atom. The summed E-state index contributed by atoms with van der Waals surface area (Å²) in [5, 5.41) is 0. The number of rotatable bonds is 3. The Bertz CT molecular complexity index is 2050. The second-order valence-electron chi connectivity index (χ2n) is 11.5. The van der Waals surface area contributed by atoms with Gasteiger partial charge in [-0.1, -0.05) is 31.9 Å². The first-order chi connectivity index (χ1) is 20.2. The first-order valence-electron chi connectivity index (χ1n) is 14.9. The molecule has 2 aliphatic heterocycles. The van der Waals surface area contributed by atoms with Gasteiger partial charge in [0.2, 0.25) is 0 Å². The van der Waals surface area contributed by atoms with E-state index in [1.54, 1.807) is 0 Å². The molecule has 0 radical (unpaired) electrons. The number of hydrogen-bond acceptors (Lipinski definition) is 2. The lowest BCUT2D eigenvalue weighted by atomic mass is 9.96. The van der Waals surface area contributed by atoms with Crippen LogP contribution in [0, 0.1) is 33.1 Å². The Hall–Kier alpha value is -4.62. The number of aromatic amines is 2. The van der Waals surface area contributed by atoms with E-state index in [1.807, 2.05) is 12.1 Å². The molecule has 4 heteroatoms. The number of aryl methyl sites for hydroxylation is 4. The van der Waals surface area contributed by atoms with E-state index in [4.69, 9.17) is 16.4 Å². The maximum atomic E-state index is 5.71. The summed E-state index contributed by atoms with van der Waals surface area (Å²) in [6.07, 6.45) is 7.57. The van der Waals surface area contributed by atoms with Crippen molar-refractivity contribution in [3.8, 4) is 23.5 Å². The average molecular weight is 551 g/mol. The number of benzene rings is 1. The number of nitrogens with zero attached hydrogens (tertiary/aromatic N) is 2. The van der Waals surface area contributed by atoms with Crippen molar-refractivity contribution in [1.82, 2.24) is 19.9 Å². The van der Waals surface area contributed by atoms with Crippen LogP contribution in [0.1, 0.15) is 91.6 Å². The van der Waals surface area contributed by atoms with E-state index < -0.39 is 0 Å². The highest BCUT2D eigenvalue weighted by Crippen LogP contribution is 2.40. The summed E-state index contributed by atoms with van der Waals surface area (Å²) in [5.74, 6) is 2.75. The minimum Gasteiger partial charge on any atom is -0.355 e. The zero-order chi connectivity index (χ0) is 29.9. The summed E-state index contributed by atoms with van der Waals surface area (Å²) in [6.45, 7) is 17.6. The normalized spacial score (nSPS) is 13.2. The standard InChI is InChI=1S/C38H38N4/c1-10-26-13-15-27(16-14-26)36-37-22(6)20(4)30(41-37)17-32-24(8)28(11-2)34(39-32)19-35-29(12-3)25(9)33(40-35)18-31-21(5)23(7)38(36)42-31/h1,13-19,39,41H,11-12H2,2-9H3. The van der Waals surface area contributed by atoms with Crippen molar-refractivity contribution in [3.05, 3.63) is 93.1 Å². The highest BCUT2D eigenvalue weighted by atomic mass is 14.8. The van der Waals surface area contributed by atoms with Crippen molar-refractivity contribution in [1.29, 1.82) is 0 Å². The lowest BCUT2D eigenvalue weighted by Gasteiger charge is -2.08. The van der Waals surface area contributed by atoms with Crippen molar-refractivity contribution in [2.45, 2.75) is 68.2 Å². The molecule has 0 fully saturated rings. The molecule has 0 saturated carbocycles. The van der Waals surface area contributed by atoms with Gasteiger partial charge in [-0.2, -0.15) is 0 Å². The topological polar surface area (TPSA) is 57.4 Å². The number of aromatic nitrogens is 4. The molecule has 4 nitrogen and oxygen atoms in total. The molecule has 4 aromatic rings. The lowest BCUT2D eigenvalue weighted by molar-refractivity contribution is 1.14. The van der Waals surface area contributed by atoms with E-state index in [2.05, 4.69) is 102 Å². The van der Waals surface area contributed by atoms with Gasteiger partial charge in [0.25, 0.3) is 0 Å². The molecule has 0 amide bonds. The number of hydrogen-bond donors (Lipinski definition) is 2. The maximum Gasteiger partial charge on any atom is 0.0768 e. The molecule has 2 N–H and O–H groups in total. The van der Waals surface area contributed by atoms with E-state index in [9.17, 15) is 0 Å². The molecule has 8 bridgehead atoms. The van der Waals surface area contributed by atoms with Crippen LogP contribution in [0.4, 0.5) is 0 Å². The van der Waals surface area contributed by atoms with Gasteiger partial charge in [0, 0.05) is 27.7 Å². The van der Waals surface area contributed by atoms with Gasteiger partial charge in [-0.25, -0.2) is 9.97 Å². The second kappa shape index (κ2) is 10.3. The fourth-order valence-corrected chi connectivity index (χ4v) is 6.43. The predicted octanol–water partition coefficient (Wildman–Crippen LogP) is 9.74. The van der Waals surface area contributed by atoms with Crippen LogP contribution in [0.3, 0.4) is 0 Å². The summed E-state index contributed by atoms with van der Waals surface area (Å²) in [7, 11) is 0. The average Bonchev–Trinajstić information content (AvgIpc) is 3.64. The third kappa shape index (κ3) is 4.23. The summed E-state index contributed by atoms with van der Waals surface area (Å²) in [5.41, 5.74) is 21.3. The van der Waals surface area contributed by atoms with E-state index in [0.29, 0.717) is 0 Å². The first-order valence-corrected chi connectivity index (χ1v) is 14.9. The van der Waals surface area contributed by atoms with Gasteiger partial charge in [-0.05, 0) is 135 Å². The van der Waals surface area contributed by atoms with Gasteiger partial charge in [0.1, 0.15) is 0 Å². The van der Waals surface area contributed by atoms with Crippen LogP contribution in [0.2, 0.25) is 0 Å². The number of H-pyrrole nitrogens is 2. The van der Waals surface area contributed by atoms with Crippen molar-refractivity contribution in [2.24, 2.45) is 0 Å². The Labute approximate surface area is 248 Å². The fourth-order valence-electron chi connectivity index (χ4n) is 6.43. The summed E-state index contributed by atoms with van der Waals surface area (Å²) >= 11 is 0. The molecule has 0 spiro atoms. The SMILES string of the molecule is C#Cc1ccc(-c2c3nc(cc4nc(cc5[nH]c(cc6[nH]c2c(C)c6C)c(C)c5CC)C(CC)=C4C)C(C)=C3C)cc1. The van der Waals surface area contributed by atoms with Gasteiger partial charge < -0.3 is 9.97 Å². The first kappa shape index (κ1) is 27.5.